The summed E-state index contributed by atoms with van der Waals surface area (Å²) in [5.41, 5.74) is 1.83. The molecular formula is C25H29N3O8S. The average molecular weight is 532 g/mol. The molecule has 2 N–H and O–H groups in total. The lowest BCUT2D eigenvalue weighted by Gasteiger charge is -2.22. The number of imide groups is 1. The first kappa shape index (κ1) is 27.5. The number of hydrogen-bond acceptors (Lipinski definition) is 8. The Morgan fingerprint density at radius 3 is 2.51 bits per heavy atom. The predicted molar refractivity (Wildman–Crippen MR) is 136 cm³/mol. The molecule has 3 amide bonds. The van der Waals surface area contributed by atoms with Gasteiger partial charge in [0.15, 0.2) is 18.1 Å². The van der Waals surface area contributed by atoms with Gasteiger partial charge in [-0.05, 0) is 55.7 Å². The summed E-state index contributed by atoms with van der Waals surface area (Å²) in [6.45, 7) is 3.05. The molecule has 11 nitrogen and oxygen atoms in total. The van der Waals surface area contributed by atoms with Gasteiger partial charge in [0.25, 0.3) is 15.9 Å². The van der Waals surface area contributed by atoms with E-state index in [4.69, 9.17) is 14.2 Å². The first-order valence-corrected chi connectivity index (χ1v) is 12.8. The summed E-state index contributed by atoms with van der Waals surface area (Å²) in [6.07, 6.45) is 2.93. The fraction of sp³-hybridized carbons (Fsp3) is 0.320. The Bertz CT molecular complexity index is 1320. The van der Waals surface area contributed by atoms with Gasteiger partial charge in [-0.25, -0.2) is 18.0 Å². The van der Waals surface area contributed by atoms with Crippen LogP contribution in [-0.2, 0) is 30.8 Å². The quantitative estimate of drug-likeness (QED) is 0.371. The Morgan fingerprint density at radius 2 is 1.84 bits per heavy atom. The number of fused-ring (bicyclic) bond motifs is 1. The maximum Gasteiger partial charge on any atom is 0.331 e. The second-order valence-electron chi connectivity index (χ2n) is 8.33. The third-order valence-electron chi connectivity index (χ3n) is 5.31. The Kier molecular flexibility index (Phi) is 8.77. The van der Waals surface area contributed by atoms with Crippen molar-refractivity contribution in [2.45, 2.75) is 31.2 Å². The summed E-state index contributed by atoms with van der Waals surface area (Å²) in [6, 6.07) is 9.24. The van der Waals surface area contributed by atoms with Gasteiger partial charge in [-0.3, -0.25) is 14.4 Å². The summed E-state index contributed by atoms with van der Waals surface area (Å²) >= 11 is 0. The van der Waals surface area contributed by atoms with Crippen molar-refractivity contribution in [3.63, 3.8) is 0 Å². The topological polar surface area (TPSA) is 140 Å². The van der Waals surface area contributed by atoms with Crippen molar-refractivity contribution in [1.82, 2.24) is 10.6 Å². The van der Waals surface area contributed by atoms with Crippen LogP contribution in [-0.4, -0.2) is 59.7 Å². The zero-order valence-electron chi connectivity index (χ0n) is 20.9. The number of methoxy groups -OCH3 is 2. The summed E-state index contributed by atoms with van der Waals surface area (Å²) < 4.78 is 44.2. The number of ether oxygens (including phenoxy) is 3. The molecule has 0 atom stereocenters. The molecule has 0 bridgehead atoms. The number of rotatable bonds is 9. The Morgan fingerprint density at radius 1 is 1.11 bits per heavy atom. The molecule has 2 aromatic carbocycles. The largest absolute Gasteiger partial charge is 0.493 e. The molecule has 0 saturated carbocycles. The van der Waals surface area contributed by atoms with Crippen molar-refractivity contribution < 1.29 is 37.0 Å². The number of anilines is 1. The van der Waals surface area contributed by atoms with Gasteiger partial charge in [0.05, 0.1) is 19.9 Å². The first-order valence-electron chi connectivity index (χ1n) is 11.4. The van der Waals surface area contributed by atoms with E-state index in [0.29, 0.717) is 17.7 Å². The van der Waals surface area contributed by atoms with Crippen molar-refractivity contribution in [1.29, 1.82) is 0 Å². The van der Waals surface area contributed by atoms with Gasteiger partial charge in [-0.15, -0.1) is 0 Å². The molecule has 198 valence electrons. The number of carbonyl (C=O) groups excluding carboxylic acids is 3. The number of nitrogens with zero attached hydrogens (tertiary/aromatic N) is 1. The molecule has 0 saturated heterocycles. The molecule has 37 heavy (non-hydrogen) atoms. The van der Waals surface area contributed by atoms with Crippen molar-refractivity contribution in [3.8, 4) is 11.5 Å². The van der Waals surface area contributed by atoms with Crippen LogP contribution >= 0.6 is 0 Å². The van der Waals surface area contributed by atoms with Crippen LogP contribution in [0.1, 0.15) is 25.0 Å². The number of hydrogen-bond donors (Lipinski definition) is 2. The smallest absolute Gasteiger partial charge is 0.331 e. The first-order chi connectivity index (χ1) is 17.6. The van der Waals surface area contributed by atoms with Gasteiger partial charge in [-0.2, -0.15) is 0 Å². The zero-order valence-corrected chi connectivity index (χ0v) is 21.8. The number of urea groups is 1. The molecule has 2 aromatic rings. The van der Waals surface area contributed by atoms with Gasteiger partial charge < -0.3 is 19.5 Å². The molecule has 0 unspecified atom stereocenters. The van der Waals surface area contributed by atoms with E-state index in [1.165, 1.54) is 36.7 Å². The predicted octanol–water partition coefficient (Wildman–Crippen LogP) is 2.25. The van der Waals surface area contributed by atoms with E-state index in [1.54, 1.807) is 26.0 Å². The van der Waals surface area contributed by atoms with E-state index in [-0.39, 0.29) is 29.0 Å². The van der Waals surface area contributed by atoms with Crippen LogP contribution < -0.4 is 24.4 Å². The third-order valence-corrected chi connectivity index (χ3v) is 7.13. The SMILES string of the molecule is COc1cc(/C=C/C(=O)OCC(=O)NC(=O)NC(C)C)cc(S(=O)(=O)N2CCc3ccccc32)c1OC. The molecule has 0 spiro atoms. The summed E-state index contributed by atoms with van der Waals surface area (Å²) in [7, 11) is -1.33. The minimum Gasteiger partial charge on any atom is -0.493 e. The Balaban J connectivity index is 1.80. The van der Waals surface area contributed by atoms with Crippen molar-refractivity contribution >= 4 is 39.7 Å². The highest BCUT2D eigenvalue weighted by Gasteiger charge is 2.34. The van der Waals surface area contributed by atoms with E-state index in [9.17, 15) is 22.8 Å². The Labute approximate surface area is 215 Å². The molecule has 1 aliphatic heterocycles. The molecule has 0 fully saturated rings. The van der Waals surface area contributed by atoms with Gasteiger partial charge in [0, 0.05) is 18.7 Å². The second-order valence-corrected chi connectivity index (χ2v) is 10.2. The van der Waals surface area contributed by atoms with Gasteiger partial charge >= 0.3 is 12.0 Å². The zero-order chi connectivity index (χ0) is 27.2. The molecule has 0 aliphatic carbocycles. The van der Waals surface area contributed by atoms with E-state index < -0.39 is 34.5 Å². The number of amides is 3. The number of sulfonamides is 1. The maximum atomic E-state index is 13.7. The molecule has 0 radical (unpaired) electrons. The second kappa shape index (κ2) is 11.8. The lowest BCUT2D eigenvalue weighted by Crippen LogP contribution is -2.43. The van der Waals surface area contributed by atoms with Crippen molar-refractivity contribution in [2.24, 2.45) is 0 Å². The average Bonchev–Trinajstić information content (AvgIpc) is 3.30. The fourth-order valence-electron chi connectivity index (χ4n) is 3.72. The number of nitrogens with one attached hydrogen (secondary N) is 2. The van der Waals surface area contributed by atoms with Gasteiger partial charge in [-0.1, -0.05) is 18.2 Å². The lowest BCUT2D eigenvalue weighted by molar-refractivity contribution is -0.143. The van der Waals surface area contributed by atoms with E-state index in [2.05, 4.69) is 5.32 Å². The normalized spacial score (nSPS) is 12.8. The molecule has 1 aliphatic rings. The molecule has 12 heteroatoms. The monoisotopic (exact) mass is 531 g/mol. The van der Waals surface area contributed by atoms with Crippen LogP contribution in [0.5, 0.6) is 11.5 Å². The van der Waals surface area contributed by atoms with Crippen LogP contribution in [0.2, 0.25) is 0 Å². The van der Waals surface area contributed by atoms with E-state index >= 15 is 0 Å². The number of para-hydroxylation sites is 1. The summed E-state index contributed by atoms with van der Waals surface area (Å²) in [5, 5.41) is 4.51. The number of carbonyl (C=O) groups is 3. The molecule has 0 aromatic heterocycles. The maximum absolute atomic E-state index is 13.7. The third kappa shape index (κ3) is 6.58. The summed E-state index contributed by atoms with van der Waals surface area (Å²) in [4.78, 5) is 35.3. The van der Waals surface area contributed by atoms with Crippen LogP contribution in [0, 0.1) is 0 Å². The number of benzene rings is 2. The van der Waals surface area contributed by atoms with Gasteiger partial charge in [0.2, 0.25) is 0 Å². The van der Waals surface area contributed by atoms with Gasteiger partial charge in [0.1, 0.15) is 4.90 Å². The van der Waals surface area contributed by atoms with E-state index in [1.807, 2.05) is 17.4 Å². The summed E-state index contributed by atoms with van der Waals surface area (Å²) in [5.74, 6) is -1.49. The Hall–Kier alpha value is -4.06. The lowest BCUT2D eigenvalue weighted by atomic mass is 10.2. The highest BCUT2D eigenvalue weighted by atomic mass is 32.2. The highest BCUT2D eigenvalue weighted by Crippen LogP contribution is 2.40. The molecule has 1 heterocycles. The van der Waals surface area contributed by atoms with Crippen molar-refractivity contribution in [2.75, 3.05) is 31.7 Å². The van der Waals surface area contributed by atoms with Crippen LogP contribution in [0.3, 0.4) is 0 Å². The number of esters is 1. The minimum absolute atomic E-state index is 0.0305. The van der Waals surface area contributed by atoms with Crippen molar-refractivity contribution in [3.05, 3.63) is 53.6 Å². The fourth-order valence-corrected chi connectivity index (χ4v) is 5.43. The van der Waals surface area contributed by atoms with E-state index in [0.717, 1.165) is 11.6 Å². The van der Waals surface area contributed by atoms with Crippen LogP contribution in [0.25, 0.3) is 6.08 Å². The standard InChI is InChI=1S/C25H29N3O8S/c1-16(2)26-25(31)27-22(29)15-36-23(30)10-9-17-13-20(34-3)24(35-4)21(14-17)37(32,33)28-12-11-18-7-5-6-8-19(18)28/h5-10,13-14,16H,11-12,15H2,1-4H3,(H2,26,27,29,31)/b10-9+. The minimum atomic E-state index is -4.04. The van der Waals surface area contributed by atoms with Crippen LogP contribution in [0.4, 0.5) is 10.5 Å². The molecular weight excluding hydrogens is 502 g/mol. The highest BCUT2D eigenvalue weighted by molar-refractivity contribution is 7.93. The van der Waals surface area contributed by atoms with Crippen LogP contribution in [0.15, 0.2) is 47.4 Å². The molecule has 3 rings (SSSR count).